The minimum Gasteiger partial charge on any atom is -0.370 e. The van der Waals surface area contributed by atoms with E-state index < -0.39 is 0 Å². The molecular formula is C27H46O. The molecule has 0 aromatic heterocycles. The van der Waals surface area contributed by atoms with E-state index in [4.69, 9.17) is 4.74 Å². The Kier molecular flexibility index (Phi) is 4.97. The SMILES string of the molecule is CC(C)CCCC(C)[C@H]1CC[C@H]2C3CC[C@H]4C[C@@H]5O[C@@H]5C[C@]4(C)[C@H]3CC[C@]12C. The number of hydrogen-bond acceptors (Lipinski definition) is 1. The molecule has 0 spiro atoms. The monoisotopic (exact) mass is 386 g/mol. The average Bonchev–Trinajstić information content (AvgIpc) is 3.27. The van der Waals surface area contributed by atoms with Crippen LogP contribution in [0, 0.1) is 52.3 Å². The first-order valence-corrected chi connectivity index (χ1v) is 13.0. The first-order valence-electron chi connectivity index (χ1n) is 13.0. The van der Waals surface area contributed by atoms with Crippen molar-refractivity contribution in [2.75, 3.05) is 0 Å². The van der Waals surface area contributed by atoms with Crippen LogP contribution in [0.15, 0.2) is 0 Å². The number of epoxide rings is 1. The van der Waals surface area contributed by atoms with Crippen LogP contribution in [0.2, 0.25) is 0 Å². The van der Waals surface area contributed by atoms with Crippen LogP contribution in [0.1, 0.15) is 105 Å². The van der Waals surface area contributed by atoms with Gasteiger partial charge in [-0.1, -0.05) is 53.9 Å². The first-order chi connectivity index (χ1) is 13.3. The van der Waals surface area contributed by atoms with Gasteiger partial charge in [-0.25, -0.2) is 0 Å². The lowest BCUT2D eigenvalue weighted by Crippen LogP contribution is -2.54. The zero-order valence-electron chi connectivity index (χ0n) is 19.4. The number of fused-ring (bicyclic) bond motifs is 6. The highest BCUT2D eigenvalue weighted by atomic mass is 16.6. The summed E-state index contributed by atoms with van der Waals surface area (Å²) in [4.78, 5) is 0. The Morgan fingerprint density at radius 3 is 2.43 bits per heavy atom. The van der Waals surface area contributed by atoms with E-state index in [9.17, 15) is 0 Å². The highest BCUT2D eigenvalue weighted by Gasteiger charge is 2.63. The van der Waals surface area contributed by atoms with Crippen LogP contribution in [0.4, 0.5) is 0 Å². The average molecular weight is 387 g/mol. The molecule has 4 saturated carbocycles. The molecule has 4 aliphatic carbocycles. The predicted molar refractivity (Wildman–Crippen MR) is 117 cm³/mol. The second kappa shape index (κ2) is 7.00. The lowest BCUT2D eigenvalue weighted by Gasteiger charge is -2.60. The third-order valence-corrected chi connectivity index (χ3v) is 11.1. The topological polar surface area (TPSA) is 12.5 Å². The maximum absolute atomic E-state index is 6.02. The van der Waals surface area contributed by atoms with Crippen molar-refractivity contribution in [3.8, 4) is 0 Å². The van der Waals surface area contributed by atoms with Crippen LogP contribution in [0.3, 0.4) is 0 Å². The fourth-order valence-corrected chi connectivity index (χ4v) is 9.54. The maximum atomic E-state index is 6.02. The molecule has 5 fully saturated rings. The van der Waals surface area contributed by atoms with Crippen molar-refractivity contribution in [3.63, 3.8) is 0 Å². The molecule has 2 unspecified atom stereocenters. The number of hydrogen-bond donors (Lipinski definition) is 0. The van der Waals surface area contributed by atoms with E-state index in [0.717, 1.165) is 41.4 Å². The second-order valence-electron chi connectivity index (χ2n) is 12.8. The molecule has 1 heteroatoms. The summed E-state index contributed by atoms with van der Waals surface area (Å²) in [5.74, 6) is 6.84. The zero-order chi connectivity index (χ0) is 19.7. The molecule has 5 aliphatic rings. The molecule has 0 aromatic carbocycles. The van der Waals surface area contributed by atoms with Crippen LogP contribution in [-0.2, 0) is 4.74 Å². The normalized spacial score (nSPS) is 53.1. The largest absolute Gasteiger partial charge is 0.370 e. The van der Waals surface area contributed by atoms with Crippen molar-refractivity contribution in [3.05, 3.63) is 0 Å². The van der Waals surface area contributed by atoms with Gasteiger partial charge in [-0.2, -0.15) is 0 Å². The van der Waals surface area contributed by atoms with Crippen molar-refractivity contribution >= 4 is 0 Å². The van der Waals surface area contributed by atoms with Crippen molar-refractivity contribution in [2.24, 2.45) is 52.3 Å². The molecule has 0 amide bonds. The predicted octanol–water partition coefficient (Wildman–Crippen LogP) is 7.49. The molecule has 10 atom stereocenters. The Bertz CT molecular complexity index is 583. The van der Waals surface area contributed by atoms with Gasteiger partial charge in [0, 0.05) is 0 Å². The van der Waals surface area contributed by atoms with Gasteiger partial charge < -0.3 is 4.74 Å². The Hall–Kier alpha value is -0.0400. The van der Waals surface area contributed by atoms with Crippen LogP contribution in [0.25, 0.3) is 0 Å². The maximum Gasteiger partial charge on any atom is 0.0847 e. The van der Waals surface area contributed by atoms with Crippen molar-refractivity contribution in [1.82, 2.24) is 0 Å². The molecule has 28 heavy (non-hydrogen) atoms. The van der Waals surface area contributed by atoms with Crippen LogP contribution < -0.4 is 0 Å². The summed E-state index contributed by atoms with van der Waals surface area (Å²) >= 11 is 0. The first kappa shape index (κ1) is 19.9. The minimum absolute atomic E-state index is 0.600. The van der Waals surface area contributed by atoms with E-state index in [-0.39, 0.29) is 0 Å². The van der Waals surface area contributed by atoms with Crippen LogP contribution in [-0.4, -0.2) is 12.2 Å². The summed E-state index contributed by atoms with van der Waals surface area (Å²) in [6.45, 7) is 12.8. The summed E-state index contributed by atoms with van der Waals surface area (Å²) in [6, 6.07) is 0. The smallest absolute Gasteiger partial charge is 0.0847 e. The molecule has 1 aliphatic heterocycles. The van der Waals surface area contributed by atoms with E-state index in [2.05, 4.69) is 34.6 Å². The quantitative estimate of drug-likeness (QED) is 0.446. The molecular weight excluding hydrogens is 340 g/mol. The molecule has 1 nitrogen and oxygen atoms in total. The van der Waals surface area contributed by atoms with Gasteiger partial charge in [0.15, 0.2) is 0 Å². The van der Waals surface area contributed by atoms with Gasteiger partial charge in [0.1, 0.15) is 0 Å². The summed E-state index contributed by atoms with van der Waals surface area (Å²) in [5, 5.41) is 0. The van der Waals surface area contributed by atoms with Gasteiger partial charge in [-0.05, 0) is 104 Å². The zero-order valence-corrected chi connectivity index (χ0v) is 19.4. The van der Waals surface area contributed by atoms with E-state index in [1.54, 1.807) is 6.42 Å². The Morgan fingerprint density at radius 1 is 0.857 bits per heavy atom. The van der Waals surface area contributed by atoms with E-state index in [1.165, 1.54) is 64.2 Å². The van der Waals surface area contributed by atoms with Crippen molar-refractivity contribution in [2.45, 2.75) is 117 Å². The summed E-state index contributed by atoms with van der Waals surface area (Å²) in [7, 11) is 0. The lowest BCUT2D eigenvalue weighted by atomic mass is 9.44. The molecule has 5 rings (SSSR count). The molecule has 0 bridgehead atoms. The van der Waals surface area contributed by atoms with Gasteiger partial charge in [0.2, 0.25) is 0 Å². The standard InChI is InChI=1S/C27H46O/c1-17(2)7-6-8-18(3)21-11-12-22-20-10-9-19-15-24-25(28-24)16-27(19,5)23(20)13-14-26(21,22)4/h17-25H,6-16H2,1-5H3/t18?,19-,20?,21+,22-,23-,24-,25+,26+,27-/m0/s1. The van der Waals surface area contributed by atoms with Crippen molar-refractivity contribution < 1.29 is 4.74 Å². The van der Waals surface area contributed by atoms with Gasteiger partial charge in [0.25, 0.3) is 0 Å². The Balaban J connectivity index is 1.30. The Labute approximate surface area is 174 Å². The highest BCUT2D eigenvalue weighted by Crippen LogP contribution is 2.69. The minimum atomic E-state index is 0.600. The van der Waals surface area contributed by atoms with Crippen LogP contribution >= 0.6 is 0 Å². The highest BCUT2D eigenvalue weighted by molar-refractivity contribution is 5.12. The number of ether oxygens (including phenoxy) is 1. The fraction of sp³-hybridized carbons (Fsp3) is 1.00. The summed E-state index contributed by atoms with van der Waals surface area (Å²) in [6.07, 6.45) is 17.6. The van der Waals surface area contributed by atoms with E-state index in [0.29, 0.717) is 23.0 Å². The van der Waals surface area contributed by atoms with Crippen LogP contribution in [0.5, 0.6) is 0 Å². The number of rotatable bonds is 5. The van der Waals surface area contributed by atoms with Gasteiger partial charge in [-0.3, -0.25) is 0 Å². The van der Waals surface area contributed by atoms with E-state index in [1.807, 2.05) is 0 Å². The molecule has 1 heterocycles. The molecule has 160 valence electrons. The lowest BCUT2D eigenvalue weighted by molar-refractivity contribution is -0.110. The van der Waals surface area contributed by atoms with Gasteiger partial charge in [-0.15, -0.1) is 0 Å². The van der Waals surface area contributed by atoms with Gasteiger partial charge in [0.05, 0.1) is 12.2 Å². The third kappa shape index (κ3) is 3.04. The fourth-order valence-electron chi connectivity index (χ4n) is 9.54. The molecule has 0 aromatic rings. The third-order valence-electron chi connectivity index (χ3n) is 11.1. The summed E-state index contributed by atoms with van der Waals surface area (Å²) < 4.78 is 6.02. The summed E-state index contributed by atoms with van der Waals surface area (Å²) in [5.41, 5.74) is 1.25. The Morgan fingerprint density at radius 2 is 1.64 bits per heavy atom. The van der Waals surface area contributed by atoms with Crippen molar-refractivity contribution in [1.29, 1.82) is 0 Å². The second-order valence-corrected chi connectivity index (χ2v) is 12.8. The molecule has 0 N–H and O–H groups in total. The molecule has 1 saturated heterocycles. The van der Waals surface area contributed by atoms with E-state index >= 15 is 0 Å². The molecule has 0 radical (unpaired) electrons. The van der Waals surface area contributed by atoms with Gasteiger partial charge >= 0.3 is 0 Å².